The number of halogens is 1. The summed E-state index contributed by atoms with van der Waals surface area (Å²) in [5.74, 6) is 0.567. The third-order valence-corrected chi connectivity index (χ3v) is 4.58. The SMILES string of the molecule is O=[N+]([O-])c1ccc(OCC2Cn3nc(-c4ccc(Cl)cc4)cc3CO2)cc1. The van der Waals surface area contributed by atoms with E-state index in [9.17, 15) is 10.1 Å². The summed E-state index contributed by atoms with van der Waals surface area (Å²) in [5.41, 5.74) is 2.92. The van der Waals surface area contributed by atoms with E-state index in [-0.39, 0.29) is 11.8 Å². The van der Waals surface area contributed by atoms with Gasteiger partial charge in [0.2, 0.25) is 0 Å². The van der Waals surface area contributed by atoms with Gasteiger partial charge in [0.05, 0.1) is 29.5 Å². The van der Waals surface area contributed by atoms with Crippen molar-refractivity contribution in [1.82, 2.24) is 9.78 Å². The van der Waals surface area contributed by atoms with Crippen LogP contribution in [0.4, 0.5) is 5.69 Å². The van der Waals surface area contributed by atoms with Crippen LogP contribution in [0.1, 0.15) is 5.69 Å². The number of nitro benzene ring substituents is 1. The smallest absolute Gasteiger partial charge is 0.269 e. The normalized spacial score (nSPS) is 16.0. The van der Waals surface area contributed by atoms with Crippen LogP contribution in [-0.2, 0) is 17.9 Å². The summed E-state index contributed by atoms with van der Waals surface area (Å²) in [6, 6.07) is 15.6. The second kappa shape index (κ2) is 7.38. The van der Waals surface area contributed by atoms with E-state index in [1.165, 1.54) is 12.1 Å². The molecule has 138 valence electrons. The minimum atomic E-state index is -0.439. The second-order valence-electron chi connectivity index (χ2n) is 6.20. The summed E-state index contributed by atoms with van der Waals surface area (Å²) in [7, 11) is 0. The van der Waals surface area contributed by atoms with Gasteiger partial charge in [-0.3, -0.25) is 14.8 Å². The lowest BCUT2D eigenvalue weighted by Crippen LogP contribution is -2.32. The van der Waals surface area contributed by atoms with Gasteiger partial charge in [0.1, 0.15) is 18.5 Å². The fourth-order valence-corrected chi connectivity index (χ4v) is 3.02. The summed E-state index contributed by atoms with van der Waals surface area (Å²) in [4.78, 5) is 10.2. The molecule has 1 aliphatic rings. The molecule has 3 aromatic rings. The van der Waals surface area contributed by atoms with E-state index in [0.29, 0.717) is 30.5 Å². The number of ether oxygens (including phenoxy) is 2. The Bertz CT molecular complexity index is 954. The maximum atomic E-state index is 10.7. The summed E-state index contributed by atoms with van der Waals surface area (Å²) in [6.07, 6.45) is -0.148. The molecule has 2 heterocycles. The Hall–Kier alpha value is -2.90. The molecule has 0 spiro atoms. The average Bonchev–Trinajstić information content (AvgIpc) is 3.10. The molecule has 0 saturated carbocycles. The van der Waals surface area contributed by atoms with E-state index in [0.717, 1.165) is 17.0 Å². The Labute approximate surface area is 160 Å². The maximum Gasteiger partial charge on any atom is 0.269 e. The molecular formula is C19H16ClN3O4. The lowest BCUT2D eigenvalue weighted by atomic mass is 10.1. The Balaban J connectivity index is 1.39. The van der Waals surface area contributed by atoms with Gasteiger partial charge in [-0.1, -0.05) is 23.7 Å². The number of non-ortho nitro benzene ring substituents is 1. The third kappa shape index (κ3) is 3.94. The minimum Gasteiger partial charge on any atom is -0.491 e. The predicted octanol–water partition coefficient (Wildman–Crippen LogP) is 4.09. The molecule has 1 unspecified atom stereocenters. The van der Waals surface area contributed by atoms with Gasteiger partial charge < -0.3 is 9.47 Å². The Kier molecular flexibility index (Phi) is 4.79. The molecule has 8 heteroatoms. The molecule has 0 saturated heterocycles. The van der Waals surface area contributed by atoms with E-state index in [4.69, 9.17) is 21.1 Å². The monoisotopic (exact) mass is 385 g/mol. The molecule has 2 aromatic carbocycles. The van der Waals surface area contributed by atoms with Crippen molar-refractivity contribution in [3.8, 4) is 17.0 Å². The third-order valence-electron chi connectivity index (χ3n) is 4.33. The number of aromatic nitrogens is 2. The van der Waals surface area contributed by atoms with E-state index < -0.39 is 4.92 Å². The van der Waals surface area contributed by atoms with Crippen molar-refractivity contribution in [3.05, 3.63) is 75.4 Å². The fraction of sp³-hybridized carbons (Fsp3) is 0.211. The first-order valence-corrected chi connectivity index (χ1v) is 8.78. The Morgan fingerprint density at radius 3 is 2.67 bits per heavy atom. The number of nitrogens with zero attached hydrogens (tertiary/aromatic N) is 3. The Morgan fingerprint density at radius 2 is 1.96 bits per heavy atom. The van der Waals surface area contributed by atoms with Gasteiger partial charge >= 0.3 is 0 Å². The zero-order valence-corrected chi connectivity index (χ0v) is 15.0. The zero-order valence-electron chi connectivity index (χ0n) is 14.2. The van der Waals surface area contributed by atoms with E-state index in [1.54, 1.807) is 12.1 Å². The van der Waals surface area contributed by atoms with Crippen molar-refractivity contribution >= 4 is 17.3 Å². The summed E-state index contributed by atoms with van der Waals surface area (Å²) >= 11 is 5.94. The molecule has 0 fully saturated rings. The molecule has 0 radical (unpaired) electrons. The minimum absolute atomic E-state index is 0.0344. The summed E-state index contributed by atoms with van der Waals surface area (Å²) in [6.45, 7) is 1.37. The van der Waals surface area contributed by atoms with Crippen LogP contribution in [0.2, 0.25) is 5.02 Å². The first kappa shape index (κ1) is 17.5. The van der Waals surface area contributed by atoms with Crippen molar-refractivity contribution in [3.63, 3.8) is 0 Å². The molecule has 1 aromatic heterocycles. The molecule has 1 aliphatic heterocycles. The number of hydrogen-bond donors (Lipinski definition) is 0. The highest BCUT2D eigenvalue weighted by atomic mass is 35.5. The van der Waals surface area contributed by atoms with Crippen LogP contribution in [0.25, 0.3) is 11.3 Å². The topological polar surface area (TPSA) is 79.4 Å². The van der Waals surface area contributed by atoms with Crippen LogP contribution >= 0.6 is 11.6 Å². The van der Waals surface area contributed by atoms with Crippen molar-refractivity contribution in [2.45, 2.75) is 19.3 Å². The van der Waals surface area contributed by atoms with E-state index >= 15 is 0 Å². The molecule has 1 atom stereocenters. The summed E-state index contributed by atoms with van der Waals surface area (Å²) in [5, 5.41) is 16.0. The first-order valence-electron chi connectivity index (χ1n) is 8.40. The predicted molar refractivity (Wildman–Crippen MR) is 99.8 cm³/mol. The molecule has 0 bridgehead atoms. The lowest BCUT2D eigenvalue weighted by molar-refractivity contribution is -0.384. The molecule has 27 heavy (non-hydrogen) atoms. The van der Waals surface area contributed by atoms with Gasteiger partial charge in [0.25, 0.3) is 5.69 Å². The Morgan fingerprint density at radius 1 is 1.22 bits per heavy atom. The fourth-order valence-electron chi connectivity index (χ4n) is 2.89. The highest BCUT2D eigenvalue weighted by Crippen LogP contribution is 2.25. The molecule has 0 amide bonds. The summed E-state index contributed by atoms with van der Waals surface area (Å²) < 4.78 is 13.5. The molecule has 0 aliphatic carbocycles. The number of fused-ring (bicyclic) bond motifs is 1. The van der Waals surface area contributed by atoms with E-state index in [2.05, 4.69) is 5.10 Å². The van der Waals surface area contributed by atoms with Gasteiger partial charge in [-0.25, -0.2) is 0 Å². The number of hydrogen-bond acceptors (Lipinski definition) is 5. The van der Waals surface area contributed by atoms with Crippen molar-refractivity contribution in [1.29, 1.82) is 0 Å². The molecule has 4 rings (SSSR count). The van der Waals surface area contributed by atoms with Gasteiger partial charge in [-0.05, 0) is 30.3 Å². The quantitative estimate of drug-likeness (QED) is 0.488. The zero-order chi connectivity index (χ0) is 18.8. The highest BCUT2D eigenvalue weighted by molar-refractivity contribution is 6.30. The lowest BCUT2D eigenvalue weighted by Gasteiger charge is -2.24. The molecule has 7 nitrogen and oxygen atoms in total. The maximum absolute atomic E-state index is 10.7. The highest BCUT2D eigenvalue weighted by Gasteiger charge is 2.22. The van der Waals surface area contributed by atoms with Gasteiger partial charge in [0.15, 0.2) is 0 Å². The number of rotatable bonds is 5. The van der Waals surface area contributed by atoms with Crippen LogP contribution in [0, 0.1) is 10.1 Å². The standard InChI is InChI=1S/C19H16ClN3O4/c20-14-3-1-13(2-4-14)19-9-16-11-26-18(10-22(16)21-19)12-27-17-7-5-15(6-8-17)23(24)25/h1-9,18H,10-12H2. The molecular weight excluding hydrogens is 370 g/mol. The van der Waals surface area contributed by atoms with Crippen molar-refractivity contribution in [2.75, 3.05) is 6.61 Å². The molecule has 0 N–H and O–H groups in total. The van der Waals surface area contributed by atoms with Crippen LogP contribution < -0.4 is 4.74 Å². The second-order valence-corrected chi connectivity index (χ2v) is 6.64. The van der Waals surface area contributed by atoms with Crippen LogP contribution in [0.15, 0.2) is 54.6 Å². The number of benzene rings is 2. The van der Waals surface area contributed by atoms with Crippen molar-refractivity contribution < 1.29 is 14.4 Å². The number of nitro groups is 1. The van der Waals surface area contributed by atoms with Gasteiger partial charge in [-0.2, -0.15) is 5.10 Å². The van der Waals surface area contributed by atoms with Crippen LogP contribution in [0.3, 0.4) is 0 Å². The largest absolute Gasteiger partial charge is 0.491 e. The van der Waals surface area contributed by atoms with E-state index in [1.807, 2.05) is 35.0 Å². The van der Waals surface area contributed by atoms with Crippen molar-refractivity contribution in [2.24, 2.45) is 0 Å². The first-order chi connectivity index (χ1) is 13.1. The van der Waals surface area contributed by atoms with Crippen LogP contribution in [-0.4, -0.2) is 27.4 Å². The van der Waals surface area contributed by atoms with Gasteiger partial charge in [-0.15, -0.1) is 0 Å². The van der Waals surface area contributed by atoms with Gasteiger partial charge in [0, 0.05) is 22.7 Å². The van der Waals surface area contributed by atoms with Crippen LogP contribution in [0.5, 0.6) is 5.75 Å². The average molecular weight is 386 g/mol.